The molecule has 0 aromatic heterocycles. The third-order valence-corrected chi connectivity index (χ3v) is 4.90. The molecule has 1 aliphatic carbocycles. The van der Waals surface area contributed by atoms with E-state index in [1.165, 1.54) is 18.9 Å². The fourth-order valence-electron chi connectivity index (χ4n) is 3.33. The molecule has 0 unspecified atom stereocenters. The summed E-state index contributed by atoms with van der Waals surface area (Å²) in [4.78, 5) is 14.6. The Morgan fingerprint density at radius 3 is 2.92 bits per heavy atom. The molecule has 24 heavy (non-hydrogen) atoms. The minimum absolute atomic E-state index is 0.000698. The van der Waals surface area contributed by atoms with Gasteiger partial charge in [0.1, 0.15) is 5.82 Å². The summed E-state index contributed by atoms with van der Waals surface area (Å²) in [6.45, 7) is 3.41. The van der Waals surface area contributed by atoms with Gasteiger partial charge < -0.3 is 15.0 Å². The summed E-state index contributed by atoms with van der Waals surface area (Å²) >= 11 is 0. The van der Waals surface area contributed by atoms with Crippen LogP contribution in [0.2, 0.25) is 0 Å². The van der Waals surface area contributed by atoms with Gasteiger partial charge in [-0.1, -0.05) is 0 Å². The van der Waals surface area contributed by atoms with Crippen LogP contribution >= 0.6 is 0 Å². The highest BCUT2D eigenvalue weighted by Crippen LogP contribution is 2.29. The molecule has 132 valence electrons. The van der Waals surface area contributed by atoms with E-state index in [1.54, 1.807) is 12.1 Å². The Labute approximate surface area is 143 Å². The predicted octanol–water partition coefficient (Wildman–Crippen LogP) is 2.82. The molecule has 1 aliphatic heterocycles. The van der Waals surface area contributed by atoms with E-state index in [0.717, 1.165) is 32.5 Å². The molecule has 1 aromatic rings. The number of ether oxygens (including phenoxy) is 1. The lowest BCUT2D eigenvalue weighted by molar-refractivity contribution is 0.0673. The molecule has 3 rings (SSSR count). The molecular formula is C19H27FN2O2. The Kier molecular flexibility index (Phi) is 5.85. The molecule has 5 heteroatoms. The lowest BCUT2D eigenvalue weighted by Crippen LogP contribution is -2.42. The minimum atomic E-state index is -0.297. The first-order valence-corrected chi connectivity index (χ1v) is 8.97. The fraction of sp³-hybridized carbons (Fsp3) is 0.632. The SMILES string of the molecule is CNC[C@H]1CCCN(C(=O)c2ccc(F)c(COCC3CC3)c2)C1. The van der Waals surface area contributed by atoms with Gasteiger partial charge in [0.25, 0.3) is 5.91 Å². The van der Waals surface area contributed by atoms with Crippen LogP contribution in [0.1, 0.15) is 41.6 Å². The second kappa shape index (κ2) is 8.08. The van der Waals surface area contributed by atoms with Gasteiger partial charge in [0.05, 0.1) is 6.61 Å². The van der Waals surface area contributed by atoms with E-state index in [9.17, 15) is 9.18 Å². The predicted molar refractivity (Wildman–Crippen MR) is 91.3 cm³/mol. The highest BCUT2D eigenvalue weighted by molar-refractivity contribution is 5.94. The Bertz CT molecular complexity index is 572. The number of halogens is 1. The number of nitrogens with zero attached hydrogens (tertiary/aromatic N) is 1. The van der Waals surface area contributed by atoms with E-state index in [-0.39, 0.29) is 18.3 Å². The fourth-order valence-corrected chi connectivity index (χ4v) is 3.33. The number of rotatable bonds is 7. The molecular weight excluding hydrogens is 307 g/mol. The summed E-state index contributed by atoms with van der Waals surface area (Å²) in [5, 5.41) is 3.19. The van der Waals surface area contributed by atoms with Gasteiger partial charge >= 0.3 is 0 Å². The van der Waals surface area contributed by atoms with Crippen molar-refractivity contribution in [1.29, 1.82) is 0 Å². The quantitative estimate of drug-likeness (QED) is 0.834. The Hall–Kier alpha value is -1.46. The largest absolute Gasteiger partial charge is 0.376 e. The zero-order valence-electron chi connectivity index (χ0n) is 14.4. The number of hydrogen-bond donors (Lipinski definition) is 1. The average Bonchev–Trinajstić information content (AvgIpc) is 3.41. The lowest BCUT2D eigenvalue weighted by Gasteiger charge is -2.32. The highest BCUT2D eigenvalue weighted by Gasteiger charge is 2.25. The van der Waals surface area contributed by atoms with Crippen molar-refractivity contribution in [3.05, 3.63) is 35.1 Å². The third kappa shape index (κ3) is 4.54. The van der Waals surface area contributed by atoms with Crippen LogP contribution in [0.5, 0.6) is 0 Å². The third-order valence-electron chi connectivity index (χ3n) is 4.90. The number of carbonyl (C=O) groups is 1. The van der Waals surface area contributed by atoms with Gasteiger partial charge in [-0.15, -0.1) is 0 Å². The molecule has 0 radical (unpaired) electrons. The van der Waals surface area contributed by atoms with E-state index < -0.39 is 0 Å². The van der Waals surface area contributed by atoms with E-state index in [2.05, 4.69) is 5.32 Å². The number of piperidine rings is 1. The first kappa shape index (κ1) is 17.4. The van der Waals surface area contributed by atoms with Gasteiger partial charge in [0, 0.05) is 30.8 Å². The zero-order valence-corrected chi connectivity index (χ0v) is 14.4. The molecule has 1 saturated carbocycles. The topological polar surface area (TPSA) is 41.6 Å². The van der Waals surface area contributed by atoms with E-state index in [4.69, 9.17) is 4.74 Å². The number of amides is 1. The Morgan fingerprint density at radius 2 is 2.17 bits per heavy atom. The maximum atomic E-state index is 14.0. The lowest BCUT2D eigenvalue weighted by atomic mass is 9.97. The van der Waals surface area contributed by atoms with Crippen LogP contribution in [-0.4, -0.2) is 44.1 Å². The molecule has 2 fully saturated rings. The summed E-state index contributed by atoms with van der Waals surface area (Å²) in [5.41, 5.74) is 1.04. The number of benzene rings is 1. The van der Waals surface area contributed by atoms with Gasteiger partial charge in [-0.3, -0.25) is 4.79 Å². The number of nitrogens with one attached hydrogen (secondary N) is 1. The molecule has 1 atom stereocenters. The number of carbonyl (C=O) groups excluding carboxylic acids is 1. The minimum Gasteiger partial charge on any atom is -0.376 e. The van der Waals surface area contributed by atoms with E-state index in [1.807, 2.05) is 11.9 Å². The maximum Gasteiger partial charge on any atom is 0.253 e. The zero-order chi connectivity index (χ0) is 16.9. The Morgan fingerprint density at radius 1 is 1.33 bits per heavy atom. The molecule has 0 spiro atoms. The van der Waals surface area contributed by atoms with Crippen molar-refractivity contribution >= 4 is 5.91 Å². The second-order valence-corrected chi connectivity index (χ2v) is 7.08. The molecule has 1 aromatic carbocycles. The van der Waals surface area contributed by atoms with E-state index >= 15 is 0 Å². The molecule has 0 bridgehead atoms. The summed E-state index contributed by atoms with van der Waals surface area (Å²) in [6.07, 6.45) is 4.60. The van der Waals surface area contributed by atoms with Crippen LogP contribution in [0.15, 0.2) is 18.2 Å². The normalized spacial score (nSPS) is 21.1. The average molecular weight is 334 g/mol. The molecule has 2 aliphatic rings. The van der Waals surface area contributed by atoms with Crippen molar-refractivity contribution < 1.29 is 13.9 Å². The second-order valence-electron chi connectivity index (χ2n) is 7.08. The summed E-state index contributed by atoms with van der Waals surface area (Å²) < 4.78 is 19.5. The van der Waals surface area contributed by atoms with Crippen LogP contribution in [0, 0.1) is 17.7 Å². The van der Waals surface area contributed by atoms with Gasteiger partial charge in [0.15, 0.2) is 0 Å². The molecule has 1 heterocycles. The highest BCUT2D eigenvalue weighted by atomic mass is 19.1. The van der Waals surface area contributed by atoms with Crippen molar-refractivity contribution in [1.82, 2.24) is 10.2 Å². The van der Waals surface area contributed by atoms with E-state index in [0.29, 0.717) is 29.6 Å². The smallest absolute Gasteiger partial charge is 0.253 e. The van der Waals surface area contributed by atoms with Crippen LogP contribution in [-0.2, 0) is 11.3 Å². The molecule has 4 nitrogen and oxygen atoms in total. The maximum absolute atomic E-state index is 14.0. The first-order chi connectivity index (χ1) is 11.7. The summed E-state index contributed by atoms with van der Waals surface area (Å²) in [5.74, 6) is 0.845. The Balaban J connectivity index is 1.62. The van der Waals surface area contributed by atoms with Crippen molar-refractivity contribution in [3.8, 4) is 0 Å². The first-order valence-electron chi connectivity index (χ1n) is 8.97. The van der Waals surface area contributed by atoms with Crippen molar-refractivity contribution in [3.63, 3.8) is 0 Å². The molecule has 1 N–H and O–H groups in total. The van der Waals surface area contributed by atoms with Crippen LogP contribution in [0.25, 0.3) is 0 Å². The van der Waals surface area contributed by atoms with Gasteiger partial charge in [-0.05, 0) is 69.3 Å². The van der Waals surface area contributed by atoms with Crippen molar-refractivity contribution in [2.24, 2.45) is 11.8 Å². The number of hydrogen-bond acceptors (Lipinski definition) is 3. The molecule has 1 saturated heterocycles. The van der Waals surface area contributed by atoms with Crippen molar-refractivity contribution in [2.75, 3.05) is 33.3 Å². The van der Waals surface area contributed by atoms with Gasteiger partial charge in [-0.25, -0.2) is 4.39 Å². The molecule has 1 amide bonds. The van der Waals surface area contributed by atoms with Crippen molar-refractivity contribution in [2.45, 2.75) is 32.3 Å². The van der Waals surface area contributed by atoms with Crippen LogP contribution in [0.4, 0.5) is 4.39 Å². The summed E-state index contributed by atoms with van der Waals surface area (Å²) in [6, 6.07) is 4.63. The van der Waals surface area contributed by atoms with Crippen LogP contribution in [0.3, 0.4) is 0 Å². The van der Waals surface area contributed by atoms with Gasteiger partial charge in [0.2, 0.25) is 0 Å². The van der Waals surface area contributed by atoms with Crippen LogP contribution < -0.4 is 5.32 Å². The number of likely N-dealkylation sites (tertiary alicyclic amines) is 1. The monoisotopic (exact) mass is 334 g/mol. The standard InChI is InChI=1S/C19H27FN2O2/c1-21-10-15-3-2-8-22(11-15)19(23)16-6-7-18(20)17(9-16)13-24-12-14-4-5-14/h6-7,9,14-15,21H,2-5,8,10-13H2,1H3/t15-/m1/s1. The van der Waals surface area contributed by atoms with Gasteiger partial charge in [-0.2, -0.15) is 0 Å². The summed E-state index contributed by atoms with van der Waals surface area (Å²) in [7, 11) is 1.94.